The number of methoxy groups -OCH3 is 2. The number of benzene rings is 3. The molecule has 4 rings (SSSR count). The average molecular weight is 415 g/mol. The predicted octanol–water partition coefficient (Wildman–Crippen LogP) is 5.19. The molecule has 0 aliphatic heterocycles. The van der Waals surface area contributed by atoms with Gasteiger partial charge in [-0.1, -0.05) is 30.3 Å². The summed E-state index contributed by atoms with van der Waals surface area (Å²) >= 11 is 0. The highest BCUT2D eigenvalue weighted by Gasteiger charge is 2.12. The molecule has 4 aromatic rings. The van der Waals surface area contributed by atoms with Crippen LogP contribution in [0.3, 0.4) is 0 Å². The Hall–Kier alpha value is -4.06. The highest BCUT2D eigenvalue weighted by molar-refractivity contribution is 5.88. The molecule has 0 amide bonds. The van der Waals surface area contributed by atoms with Gasteiger partial charge in [0.2, 0.25) is 0 Å². The molecule has 0 N–H and O–H groups in total. The molecule has 0 fully saturated rings. The van der Waals surface area contributed by atoms with Crippen LogP contribution in [0.5, 0.6) is 28.7 Å². The van der Waals surface area contributed by atoms with Gasteiger partial charge in [0.1, 0.15) is 17.2 Å². The second-order valence-electron chi connectivity index (χ2n) is 6.74. The Morgan fingerprint density at radius 3 is 2.23 bits per heavy atom. The van der Waals surface area contributed by atoms with Gasteiger partial charge in [-0.05, 0) is 42.0 Å². The SMILES string of the molecule is COc1cc2nccc(Oc3ccc(CC(=O)Oc4ccccc4)cc3)c2cc1OC. The number of ether oxygens (including phenoxy) is 4. The minimum absolute atomic E-state index is 0.171. The predicted molar refractivity (Wildman–Crippen MR) is 117 cm³/mol. The number of rotatable bonds is 7. The van der Waals surface area contributed by atoms with Crippen molar-refractivity contribution in [2.75, 3.05) is 14.2 Å². The lowest BCUT2D eigenvalue weighted by molar-refractivity contribution is -0.133. The fourth-order valence-electron chi connectivity index (χ4n) is 3.16. The number of nitrogens with zero attached hydrogens (tertiary/aromatic N) is 1. The molecule has 0 radical (unpaired) electrons. The van der Waals surface area contributed by atoms with Gasteiger partial charge < -0.3 is 18.9 Å². The molecule has 0 bridgehead atoms. The van der Waals surface area contributed by atoms with Crippen LogP contribution >= 0.6 is 0 Å². The molecule has 1 heterocycles. The van der Waals surface area contributed by atoms with Crippen LogP contribution in [0.2, 0.25) is 0 Å². The lowest BCUT2D eigenvalue weighted by Gasteiger charge is -2.12. The fourth-order valence-corrected chi connectivity index (χ4v) is 3.16. The van der Waals surface area contributed by atoms with Gasteiger partial charge in [-0.3, -0.25) is 9.78 Å². The third-order valence-electron chi connectivity index (χ3n) is 4.68. The normalized spacial score (nSPS) is 10.5. The molecule has 0 saturated carbocycles. The van der Waals surface area contributed by atoms with E-state index in [1.807, 2.05) is 54.6 Å². The second-order valence-corrected chi connectivity index (χ2v) is 6.74. The summed E-state index contributed by atoms with van der Waals surface area (Å²) in [5.41, 5.74) is 1.56. The fraction of sp³-hybridized carbons (Fsp3) is 0.120. The first-order valence-electron chi connectivity index (χ1n) is 9.69. The zero-order valence-corrected chi connectivity index (χ0v) is 17.2. The first-order valence-corrected chi connectivity index (χ1v) is 9.69. The number of para-hydroxylation sites is 1. The molecule has 1 aromatic heterocycles. The Bertz CT molecular complexity index is 1190. The van der Waals surface area contributed by atoms with Crippen molar-refractivity contribution in [2.24, 2.45) is 0 Å². The van der Waals surface area contributed by atoms with Gasteiger partial charge in [-0.25, -0.2) is 0 Å². The molecule has 0 spiro atoms. The summed E-state index contributed by atoms with van der Waals surface area (Å²) in [6.45, 7) is 0. The lowest BCUT2D eigenvalue weighted by atomic mass is 10.1. The maximum atomic E-state index is 12.1. The molecule has 0 atom stereocenters. The topological polar surface area (TPSA) is 66.9 Å². The van der Waals surface area contributed by atoms with Crippen LogP contribution in [-0.4, -0.2) is 25.2 Å². The molecule has 6 nitrogen and oxygen atoms in total. The molecule has 6 heteroatoms. The van der Waals surface area contributed by atoms with Gasteiger partial charge in [0.05, 0.1) is 26.2 Å². The minimum atomic E-state index is -0.318. The van der Waals surface area contributed by atoms with E-state index in [-0.39, 0.29) is 12.4 Å². The van der Waals surface area contributed by atoms with Gasteiger partial charge in [0.15, 0.2) is 11.5 Å². The van der Waals surface area contributed by atoms with E-state index in [0.29, 0.717) is 28.7 Å². The monoisotopic (exact) mass is 415 g/mol. The van der Waals surface area contributed by atoms with E-state index in [1.165, 1.54) is 0 Å². The van der Waals surface area contributed by atoms with Crippen LogP contribution < -0.4 is 18.9 Å². The number of carbonyl (C=O) groups excluding carboxylic acids is 1. The summed E-state index contributed by atoms with van der Waals surface area (Å²) in [6, 6.07) is 21.8. The largest absolute Gasteiger partial charge is 0.493 e. The van der Waals surface area contributed by atoms with Crippen LogP contribution in [0.4, 0.5) is 0 Å². The highest BCUT2D eigenvalue weighted by atomic mass is 16.5. The third kappa shape index (κ3) is 4.75. The van der Waals surface area contributed by atoms with Crippen molar-refractivity contribution < 1.29 is 23.7 Å². The quantitative estimate of drug-likeness (QED) is 0.306. The van der Waals surface area contributed by atoms with E-state index in [0.717, 1.165) is 16.5 Å². The van der Waals surface area contributed by atoms with E-state index in [1.54, 1.807) is 38.6 Å². The summed E-state index contributed by atoms with van der Waals surface area (Å²) < 4.78 is 22.1. The van der Waals surface area contributed by atoms with Crippen molar-refractivity contribution in [3.63, 3.8) is 0 Å². The van der Waals surface area contributed by atoms with E-state index < -0.39 is 0 Å². The summed E-state index contributed by atoms with van der Waals surface area (Å²) in [5.74, 6) is 2.70. The van der Waals surface area contributed by atoms with Crippen LogP contribution in [0.1, 0.15) is 5.56 Å². The number of pyridine rings is 1. The molecule has 0 unspecified atom stereocenters. The standard InChI is InChI=1S/C25H21NO5/c1-28-23-15-20-21(16-24(23)29-2)26-13-12-22(20)30-19-10-8-17(9-11-19)14-25(27)31-18-6-4-3-5-7-18/h3-13,15-16H,14H2,1-2H3. The van der Waals surface area contributed by atoms with Crippen molar-refractivity contribution in [1.82, 2.24) is 4.98 Å². The minimum Gasteiger partial charge on any atom is -0.493 e. The summed E-state index contributed by atoms with van der Waals surface area (Å²) in [4.78, 5) is 16.5. The van der Waals surface area contributed by atoms with Crippen molar-refractivity contribution >= 4 is 16.9 Å². The Kier molecular flexibility index (Phi) is 5.98. The Morgan fingerprint density at radius 1 is 0.806 bits per heavy atom. The van der Waals surface area contributed by atoms with Gasteiger partial charge in [0.25, 0.3) is 0 Å². The van der Waals surface area contributed by atoms with Gasteiger partial charge in [-0.2, -0.15) is 0 Å². The first kappa shape index (κ1) is 20.2. The van der Waals surface area contributed by atoms with Crippen molar-refractivity contribution in [3.8, 4) is 28.7 Å². The number of carbonyl (C=O) groups is 1. The maximum absolute atomic E-state index is 12.1. The number of aromatic nitrogens is 1. The maximum Gasteiger partial charge on any atom is 0.315 e. The van der Waals surface area contributed by atoms with E-state index in [9.17, 15) is 4.79 Å². The molecule has 156 valence electrons. The zero-order chi connectivity index (χ0) is 21.6. The molecule has 3 aromatic carbocycles. The zero-order valence-electron chi connectivity index (χ0n) is 17.2. The molecule has 31 heavy (non-hydrogen) atoms. The molecule has 0 aliphatic carbocycles. The summed E-state index contributed by atoms with van der Waals surface area (Å²) in [6.07, 6.45) is 1.85. The Morgan fingerprint density at radius 2 is 1.52 bits per heavy atom. The summed E-state index contributed by atoms with van der Waals surface area (Å²) in [5, 5.41) is 0.802. The van der Waals surface area contributed by atoms with Crippen LogP contribution in [0.15, 0.2) is 79.0 Å². The number of fused-ring (bicyclic) bond motifs is 1. The lowest BCUT2D eigenvalue weighted by Crippen LogP contribution is -2.11. The van der Waals surface area contributed by atoms with Crippen LogP contribution in [0, 0.1) is 0 Å². The average Bonchev–Trinajstić information content (AvgIpc) is 2.80. The van der Waals surface area contributed by atoms with Crippen molar-refractivity contribution in [2.45, 2.75) is 6.42 Å². The molecular weight excluding hydrogens is 394 g/mol. The van der Waals surface area contributed by atoms with Crippen molar-refractivity contribution in [1.29, 1.82) is 0 Å². The highest BCUT2D eigenvalue weighted by Crippen LogP contribution is 2.36. The Balaban J connectivity index is 1.49. The number of esters is 1. The summed E-state index contributed by atoms with van der Waals surface area (Å²) in [7, 11) is 3.17. The number of hydrogen-bond acceptors (Lipinski definition) is 6. The van der Waals surface area contributed by atoms with Crippen LogP contribution in [0.25, 0.3) is 10.9 Å². The third-order valence-corrected chi connectivity index (χ3v) is 4.68. The van der Waals surface area contributed by atoms with Crippen molar-refractivity contribution in [3.05, 3.63) is 84.6 Å². The molecular formula is C25H21NO5. The molecule has 0 aliphatic rings. The Labute approximate surface area is 180 Å². The smallest absolute Gasteiger partial charge is 0.315 e. The van der Waals surface area contributed by atoms with E-state index in [4.69, 9.17) is 18.9 Å². The van der Waals surface area contributed by atoms with E-state index >= 15 is 0 Å². The number of hydrogen-bond donors (Lipinski definition) is 0. The van der Waals surface area contributed by atoms with Gasteiger partial charge in [0, 0.05) is 17.6 Å². The van der Waals surface area contributed by atoms with Gasteiger partial charge in [-0.15, -0.1) is 0 Å². The molecule has 0 saturated heterocycles. The first-order chi connectivity index (χ1) is 15.2. The second kappa shape index (κ2) is 9.17. The van der Waals surface area contributed by atoms with Crippen LogP contribution in [-0.2, 0) is 11.2 Å². The van der Waals surface area contributed by atoms with E-state index in [2.05, 4.69) is 4.98 Å². The van der Waals surface area contributed by atoms with Gasteiger partial charge >= 0.3 is 5.97 Å².